The fraction of sp³-hybridized carbons (Fsp3) is 0.333. The van der Waals surface area contributed by atoms with Crippen molar-refractivity contribution in [1.82, 2.24) is 0 Å². The molecule has 0 bridgehead atoms. The van der Waals surface area contributed by atoms with Crippen LogP contribution in [0.1, 0.15) is 38.1 Å². The van der Waals surface area contributed by atoms with Gasteiger partial charge in [0, 0.05) is 12.7 Å². The van der Waals surface area contributed by atoms with E-state index in [1.807, 2.05) is 0 Å². The Morgan fingerprint density at radius 1 is 1.30 bits per heavy atom. The number of sulfone groups is 1. The van der Waals surface area contributed by atoms with Crippen LogP contribution in [0.2, 0.25) is 0 Å². The van der Waals surface area contributed by atoms with E-state index in [4.69, 9.17) is 5.73 Å². The molecule has 4 N–H and O–H groups in total. The molecule has 2 heterocycles. The summed E-state index contributed by atoms with van der Waals surface area (Å²) in [7, 11) is -3.56. The molecule has 1 aliphatic rings. The van der Waals surface area contributed by atoms with Gasteiger partial charge in [-0.25, -0.2) is 8.42 Å². The highest BCUT2D eigenvalue weighted by Gasteiger charge is 2.29. The summed E-state index contributed by atoms with van der Waals surface area (Å²) < 4.78 is 23.9. The minimum atomic E-state index is -3.56. The average molecular weight is 409 g/mol. The highest BCUT2D eigenvalue weighted by Crippen LogP contribution is 2.35. The molecule has 27 heavy (non-hydrogen) atoms. The van der Waals surface area contributed by atoms with E-state index in [9.17, 15) is 18.0 Å². The summed E-state index contributed by atoms with van der Waals surface area (Å²) in [6, 6.07) is 6.00. The normalized spacial score (nSPS) is 16.6. The zero-order chi connectivity index (χ0) is 19.8. The molecule has 0 spiro atoms. The molecule has 0 saturated heterocycles. The molecule has 0 saturated carbocycles. The standard InChI is InChI=1S/C18H21N3O4S2/c1-3-21-9-8-11-13(10-21)26-18(15(11)16(19)22)20-17(23)12-6-4-5-7-14(12)27(2,24)25/h4-7H,3,8-10H2,1-2H3,(H2,19,22)(H,20,23)/p+1. The van der Waals surface area contributed by atoms with Crippen LogP contribution in [0, 0.1) is 0 Å². The average Bonchev–Trinajstić information content (AvgIpc) is 2.97. The number of primary amides is 1. The quantitative estimate of drug-likeness (QED) is 0.668. The minimum Gasteiger partial charge on any atom is -0.365 e. The summed E-state index contributed by atoms with van der Waals surface area (Å²) in [4.78, 5) is 27.2. The second-order valence-corrected chi connectivity index (χ2v) is 9.66. The lowest BCUT2D eigenvalue weighted by atomic mass is 10.0. The summed E-state index contributed by atoms with van der Waals surface area (Å²) in [5.41, 5.74) is 6.86. The first-order valence-electron chi connectivity index (χ1n) is 8.60. The molecule has 2 aromatic rings. The molecule has 9 heteroatoms. The Morgan fingerprint density at radius 2 is 2.00 bits per heavy atom. The summed E-state index contributed by atoms with van der Waals surface area (Å²) >= 11 is 1.34. The predicted octanol–water partition coefficient (Wildman–Crippen LogP) is 0.464. The molecule has 0 fully saturated rings. The number of amides is 2. The largest absolute Gasteiger partial charge is 0.365 e. The third-order valence-electron chi connectivity index (χ3n) is 4.73. The van der Waals surface area contributed by atoms with Crippen LogP contribution in [-0.4, -0.2) is 39.6 Å². The molecule has 1 unspecified atom stereocenters. The van der Waals surface area contributed by atoms with Gasteiger partial charge in [-0.1, -0.05) is 12.1 Å². The fourth-order valence-electron chi connectivity index (χ4n) is 3.34. The minimum absolute atomic E-state index is 0.0441. The third-order valence-corrected chi connectivity index (χ3v) is 7.04. The molecular formula is C18H22N3O4S2+. The maximum atomic E-state index is 12.8. The zero-order valence-electron chi connectivity index (χ0n) is 15.2. The number of carbonyl (C=O) groups is 2. The first-order valence-corrected chi connectivity index (χ1v) is 11.3. The number of fused-ring (bicyclic) bond motifs is 1. The number of hydrogen-bond donors (Lipinski definition) is 3. The monoisotopic (exact) mass is 408 g/mol. The molecule has 2 amide bonds. The Balaban J connectivity index is 1.99. The van der Waals surface area contributed by atoms with E-state index in [0.717, 1.165) is 42.8 Å². The maximum absolute atomic E-state index is 12.8. The number of thiophene rings is 1. The Morgan fingerprint density at radius 3 is 2.63 bits per heavy atom. The second-order valence-electron chi connectivity index (χ2n) is 6.57. The van der Waals surface area contributed by atoms with Gasteiger partial charge < -0.3 is 16.0 Å². The van der Waals surface area contributed by atoms with E-state index < -0.39 is 21.7 Å². The Labute approximate surface area is 162 Å². The Bertz CT molecular complexity index is 1010. The molecule has 1 aromatic carbocycles. The van der Waals surface area contributed by atoms with Crippen molar-refractivity contribution in [3.05, 3.63) is 45.8 Å². The number of likely N-dealkylation sites (N-methyl/N-ethyl adjacent to an activating group) is 1. The molecule has 144 valence electrons. The molecule has 0 aliphatic carbocycles. The third kappa shape index (κ3) is 3.90. The molecule has 1 aromatic heterocycles. The first-order chi connectivity index (χ1) is 12.7. The number of quaternary nitrogens is 1. The Hall–Kier alpha value is -2.23. The molecule has 1 atom stereocenters. The van der Waals surface area contributed by atoms with E-state index in [2.05, 4.69) is 12.2 Å². The number of rotatable bonds is 5. The molecule has 3 rings (SSSR count). The van der Waals surface area contributed by atoms with Crippen molar-refractivity contribution in [2.24, 2.45) is 5.73 Å². The van der Waals surface area contributed by atoms with E-state index in [1.165, 1.54) is 28.4 Å². The van der Waals surface area contributed by atoms with Gasteiger partial charge in [-0.05, 0) is 24.6 Å². The highest BCUT2D eigenvalue weighted by molar-refractivity contribution is 7.90. The van der Waals surface area contributed by atoms with Gasteiger partial charge in [0.25, 0.3) is 11.8 Å². The van der Waals surface area contributed by atoms with Gasteiger partial charge in [-0.2, -0.15) is 0 Å². The van der Waals surface area contributed by atoms with Crippen molar-refractivity contribution in [2.45, 2.75) is 24.8 Å². The summed E-state index contributed by atoms with van der Waals surface area (Å²) in [5.74, 6) is -1.16. The van der Waals surface area contributed by atoms with Gasteiger partial charge in [0.1, 0.15) is 11.5 Å². The molecule has 7 nitrogen and oxygen atoms in total. The van der Waals surface area contributed by atoms with Gasteiger partial charge in [0.2, 0.25) is 0 Å². The number of nitrogens with two attached hydrogens (primary N) is 1. The predicted molar refractivity (Wildman–Crippen MR) is 104 cm³/mol. The number of anilines is 1. The van der Waals surface area contributed by atoms with Crippen molar-refractivity contribution >= 4 is 38.0 Å². The van der Waals surface area contributed by atoms with Crippen molar-refractivity contribution in [1.29, 1.82) is 0 Å². The van der Waals surface area contributed by atoms with E-state index in [1.54, 1.807) is 12.1 Å². The van der Waals surface area contributed by atoms with Gasteiger partial charge in [0.05, 0.1) is 34.0 Å². The Kier molecular flexibility index (Phi) is 5.36. The first kappa shape index (κ1) is 19.5. The number of hydrogen-bond acceptors (Lipinski definition) is 5. The van der Waals surface area contributed by atoms with Crippen LogP contribution in [0.4, 0.5) is 5.00 Å². The van der Waals surface area contributed by atoms with Gasteiger partial charge in [0.15, 0.2) is 9.84 Å². The van der Waals surface area contributed by atoms with E-state index in [0.29, 0.717) is 10.6 Å². The fourth-order valence-corrected chi connectivity index (χ4v) is 5.54. The highest BCUT2D eigenvalue weighted by atomic mass is 32.2. The van der Waals surface area contributed by atoms with Crippen LogP contribution in [0.25, 0.3) is 0 Å². The molecular weight excluding hydrogens is 386 g/mol. The van der Waals surface area contributed by atoms with Gasteiger partial charge in [-0.3, -0.25) is 9.59 Å². The summed E-state index contributed by atoms with van der Waals surface area (Å²) in [6.07, 6.45) is 1.78. The smallest absolute Gasteiger partial charge is 0.257 e. The zero-order valence-corrected chi connectivity index (χ0v) is 16.8. The van der Waals surface area contributed by atoms with Gasteiger partial charge in [-0.15, -0.1) is 11.3 Å². The molecule has 1 aliphatic heterocycles. The summed E-state index contributed by atoms with van der Waals surface area (Å²) in [5, 5.41) is 3.10. The lowest BCUT2D eigenvalue weighted by molar-refractivity contribution is -0.913. The lowest BCUT2D eigenvalue weighted by Gasteiger charge is -2.22. The number of carbonyl (C=O) groups excluding carboxylic acids is 2. The van der Waals surface area contributed by atoms with Crippen LogP contribution in [0.15, 0.2) is 29.2 Å². The topological polar surface area (TPSA) is 111 Å². The molecule has 0 radical (unpaired) electrons. The van der Waals surface area contributed by atoms with Crippen LogP contribution in [0.5, 0.6) is 0 Å². The number of nitrogens with one attached hydrogen (secondary N) is 2. The van der Waals surface area contributed by atoms with Crippen molar-refractivity contribution in [2.75, 3.05) is 24.7 Å². The SMILES string of the molecule is CC[NH+]1CCc2c(sc(NC(=O)c3ccccc3S(C)(=O)=O)c2C(N)=O)C1. The maximum Gasteiger partial charge on any atom is 0.257 e. The van der Waals surface area contributed by atoms with Crippen molar-refractivity contribution < 1.29 is 22.9 Å². The lowest BCUT2D eigenvalue weighted by Crippen LogP contribution is -3.11. The van der Waals surface area contributed by atoms with Crippen LogP contribution >= 0.6 is 11.3 Å². The van der Waals surface area contributed by atoms with E-state index in [-0.39, 0.29) is 10.5 Å². The van der Waals surface area contributed by atoms with E-state index >= 15 is 0 Å². The van der Waals surface area contributed by atoms with Crippen molar-refractivity contribution in [3.63, 3.8) is 0 Å². The van der Waals surface area contributed by atoms with Crippen molar-refractivity contribution in [3.8, 4) is 0 Å². The summed E-state index contributed by atoms with van der Waals surface area (Å²) in [6.45, 7) is 4.78. The van der Waals surface area contributed by atoms with Crippen LogP contribution in [-0.2, 0) is 22.8 Å². The van der Waals surface area contributed by atoms with Gasteiger partial charge >= 0.3 is 0 Å². The van der Waals surface area contributed by atoms with Crippen LogP contribution in [0.3, 0.4) is 0 Å². The number of benzene rings is 1. The second kappa shape index (κ2) is 7.41. The van der Waals surface area contributed by atoms with Crippen LogP contribution < -0.4 is 16.0 Å².